The summed E-state index contributed by atoms with van der Waals surface area (Å²) >= 11 is 0. The molecule has 1 saturated heterocycles. The molecule has 4 nitrogen and oxygen atoms in total. The quantitative estimate of drug-likeness (QED) is 0.664. The van der Waals surface area contributed by atoms with E-state index >= 15 is 0 Å². The molecule has 1 fully saturated rings. The maximum Gasteiger partial charge on any atom is 0.250 e. The van der Waals surface area contributed by atoms with Crippen molar-refractivity contribution >= 4 is 0 Å². The topological polar surface area (TPSA) is 34.5 Å². The van der Waals surface area contributed by atoms with Crippen molar-refractivity contribution in [3.63, 3.8) is 0 Å². The van der Waals surface area contributed by atoms with Crippen LogP contribution in [-0.4, -0.2) is 22.6 Å². The minimum atomic E-state index is 0.147. The average molecular weight is 386 g/mol. The first-order chi connectivity index (χ1) is 14.2. The largest absolute Gasteiger partial charge is 0.489 e. The molecule has 2 aliphatic rings. The summed E-state index contributed by atoms with van der Waals surface area (Å²) in [5.41, 5.74) is 3.81. The molecule has 0 radical (unpaired) electrons. The standard InChI is InChI=1S/C25H26N2O2/c28-25-11-5-10-24-22-12-21(16-27(24)25)15-26(17-22)14-20-8-4-9-23(13-20)29-18-19-6-2-1-3-7-19/h1-11,13,21-22H,12,14-18H2/t21-,22-/m1/s1. The van der Waals surface area contributed by atoms with Crippen molar-refractivity contribution in [3.8, 4) is 5.75 Å². The van der Waals surface area contributed by atoms with Crippen molar-refractivity contribution < 1.29 is 4.74 Å². The first-order valence-corrected chi connectivity index (χ1v) is 10.4. The Morgan fingerprint density at radius 1 is 0.862 bits per heavy atom. The third kappa shape index (κ3) is 3.99. The van der Waals surface area contributed by atoms with E-state index in [1.165, 1.54) is 23.2 Å². The summed E-state index contributed by atoms with van der Waals surface area (Å²) in [6.07, 6.45) is 1.19. The predicted molar refractivity (Wildman–Crippen MR) is 114 cm³/mol. The Morgan fingerprint density at radius 2 is 1.69 bits per heavy atom. The molecule has 0 amide bonds. The van der Waals surface area contributed by atoms with Gasteiger partial charge in [0.05, 0.1) is 0 Å². The van der Waals surface area contributed by atoms with Crippen molar-refractivity contribution in [2.75, 3.05) is 13.1 Å². The van der Waals surface area contributed by atoms with Crippen LogP contribution >= 0.6 is 0 Å². The number of likely N-dealkylation sites (tertiary alicyclic amines) is 1. The van der Waals surface area contributed by atoms with Crippen LogP contribution in [0.3, 0.4) is 0 Å². The summed E-state index contributed by atoms with van der Waals surface area (Å²) < 4.78 is 7.99. The number of hydrogen-bond donors (Lipinski definition) is 0. The Balaban J connectivity index is 1.26. The molecule has 3 aromatic rings. The lowest BCUT2D eigenvalue weighted by atomic mass is 9.83. The van der Waals surface area contributed by atoms with Gasteiger partial charge in [0, 0.05) is 43.9 Å². The van der Waals surface area contributed by atoms with Gasteiger partial charge in [-0.05, 0) is 41.7 Å². The van der Waals surface area contributed by atoms with Crippen LogP contribution < -0.4 is 10.3 Å². The molecule has 2 aliphatic heterocycles. The van der Waals surface area contributed by atoms with Gasteiger partial charge in [-0.2, -0.15) is 0 Å². The van der Waals surface area contributed by atoms with Crippen molar-refractivity contribution in [2.24, 2.45) is 5.92 Å². The van der Waals surface area contributed by atoms with E-state index in [-0.39, 0.29) is 5.56 Å². The van der Waals surface area contributed by atoms with Crippen molar-refractivity contribution in [1.82, 2.24) is 9.47 Å². The minimum absolute atomic E-state index is 0.147. The molecule has 1 aromatic heterocycles. The second-order valence-electron chi connectivity index (χ2n) is 8.31. The Labute approximate surface area is 171 Å². The van der Waals surface area contributed by atoms with Crippen LogP contribution in [0.1, 0.15) is 29.2 Å². The number of fused-ring (bicyclic) bond motifs is 4. The van der Waals surface area contributed by atoms with Crippen molar-refractivity contribution in [3.05, 3.63) is 100.0 Å². The molecule has 29 heavy (non-hydrogen) atoms. The normalized spacial score (nSPS) is 20.8. The molecule has 4 heteroatoms. The highest BCUT2D eigenvalue weighted by Crippen LogP contribution is 2.35. The van der Waals surface area contributed by atoms with Gasteiger partial charge in [0.15, 0.2) is 0 Å². The number of nitrogens with zero attached hydrogens (tertiary/aromatic N) is 2. The first-order valence-electron chi connectivity index (χ1n) is 10.4. The summed E-state index contributed by atoms with van der Waals surface area (Å²) in [7, 11) is 0. The molecule has 2 bridgehead atoms. The van der Waals surface area contributed by atoms with Gasteiger partial charge in [-0.3, -0.25) is 9.69 Å². The highest BCUT2D eigenvalue weighted by atomic mass is 16.5. The molecule has 148 valence electrons. The molecule has 0 saturated carbocycles. The predicted octanol–water partition coefficient (Wildman–Crippen LogP) is 4.05. The van der Waals surface area contributed by atoms with E-state index < -0.39 is 0 Å². The molecule has 2 atom stereocenters. The van der Waals surface area contributed by atoms with Gasteiger partial charge in [0.1, 0.15) is 12.4 Å². The lowest BCUT2D eigenvalue weighted by Gasteiger charge is -2.42. The Morgan fingerprint density at radius 3 is 2.59 bits per heavy atom. The summed E-state index contributed by atoms with van der Waals surface area (Å²) in [5.74, 6) is 1.92. The summed E-state index contributed by atoms with van der Waals surface area (Å²) in [6, 6.07) is 24.4. The average Bonchev–Trinajstić information content (AvgIpc) is 2.74. The minimum Gasteiger partial charge on any atom is -0.489 e. The molecule has 0 unspecified atom stereocenters. The number of benzene rings is 2. The van der Waals surface area contributed by atoms with Crippen LogP contribution in [0.2, 0.25) is 0 Å². The SMILES string of the molecule is O=c1cccc2n1C[C@@H]1C[C@@H]2CN(Cc2cccc(OCc3ccccc3)c2)C1. The van der Waals surface area contributed by atoms with Crippen LogP contribution in [-0.2, 0) is 19.7 Å². The summed E-state index contributed by atoms with van der Waals surface area (Å²) in [6.45, 7) is 4.42. The van der Waals surface area contributed by atoms with Crippen molar-refractivity contribution in [1.29, 1.82) is 0 Å². The third-order valence-electron chi connectivity index (χ3n) is 6.11. The number of piperidine rings is 1. The van der Waals surface area contributed by atoms with E-state index in [1.807, 2.05) is 34.9 Å². The van der Waals surface area contributed by atoms with Gasteiger partial charge in [-0.15, -0.1) is 0 Å². The van der Waals surface area contributed by atoms with Gasteiger partial charge < -0.3 is 9.30 Å². The van der Waals surface area contributed by atoms with Crippen LogP contribution in [0.25, 0.3) is 0 Å². The number of pyridine rings is 1. The number of rotatable bonds is 5. The maximum atomic E-state index is 12.2. The Bertz CT molecular complexity index is 1040. The van der Waals surface area contributed by atoms with Gasteiger partial charge >= 0.3 is 0 Å². The van der Waals surface area contributed by atoms with Crippen LogP contribution in [0.5, 0.6) is 5.75 Å². The van der Waals surface area contributed by atoms with Gasteiger partial charge in [0.2, 0.25) is 0 Å². The van der Waals surface area contributed by atoms with Gasteiger partial charge in [-0.1, -0.05) is 48.5 Å². The van der Waals surface area contributed by atoms with E-state index in [1.54, 1.807) is 6.07 Å². The zero-order chi connectivity index (χ0) is 19.6. The highest BCUT2D eigenvalue weighted by molar-refractivity contribution is 5.29. The molecule has 0 aliphatic carbocycles. The number of ether oxygens (including phenoxy) is 1. The van der Waals surface area contributed by atoms with Crippen molar-refractivity contribution in [2.45, 2.75) is 32.0 Å². The van der Waals surface area contributed by atoms with E-state index in [0.717, 1.165) is 31.9 Å². The van der Waals surface area contributed by atoms with Crippen LogP contribution in [0.4, 0.5) is 0 Å². The third-order valence-corrected chi connectivity index (χ3v) is 6.11. The molecule has 2 aromatic carbocycles. The van der Waals surface area contributed by atoms with Gasteiger partial charge in [0.25, 0.3) is 5.56 Å². The maximum absolute atomic E-state index is 12.2. The zero-order valence-electron chi connectivity index (χ0n) is 16.5. The zero-order valence-corrected chi connectivity index (χ0v) is 16.5. The summed E-state index contributed by atoms with van der Waals surface area (Å²) in [4.78, 5) is 14.7. The number of hydrogen-bond acceptors (Lipinski definition) is 3. The van der Waals surface area contributed by atoms with E-state index in [9.17, 15) is 4.79 Å². The smallest absolute Gasteiger partial charge is 0.250 e. The lowest BCUT2D eigenvalue weighted by Crippen LogP contribution is -2.46. The fourth-order valence-corrected chi connectivity index (χ4v) is 4.86. The second kappa shape index (κ2) is 7.88. The van der Waals surface area contributed by atoms with Gasteiger partial charge in [-0.25, -0.2) is 0 Å². The Kier molecular flexibility index (Phi) is 4.94. The second-order valence-corrected chi connectivity index (χ2v) is 8.31. The lowest BCUT2D eigenvalue weighted by molar-refractivity contribution is 0.114. The molecule has 0 N–H and O–H groups in total. The molecule has 3 heterocycles. The monoisotopic (exact) mass is 386 g/mol. The fourth-order valence-electron chi connectivity index (χ4n) is 4.86. The molecular weight excluding hydrogens is 360 g/mol. The van der Waals surface area contributed by atoms with Crippen LogP contribution in [0, 0.1) is 5.92 Å². The van der Waals surface area contributed by atoms with Crippen LogP contribution in [0.15, 0.2) is 77.6 Å². The van der Waals surface area contributed by atoms with E-state index in [2.05, 4.69) is 41.3 Å². The van der Waals surface area contributed by atoms with E-state index in [0.29, 0.717) is 18.4 Å². The Hall–Kier alpha value is -2.85. The molecular formula is C25H26N2O2. The first kappa shape index (κ1) is 18.2. The fraction of sp³-hybridized carbons (Fsp3) is 0.320. The molecule has 0 spiro atoms. The molecule has 5 rings (SSSR count). The highest BCUT2D eigenvalue weighted by Gasteiger charge is 2.34. The number of aromatic nitrogens is 1. The van der Waals surface area contributed by atoms with E-state index in [4.69, 9.17) is 4.74 Å². The summed E-state index contributed by atoms with van der Waals surface area (Å²) in [5, 5.41) is 0.